The van der Waals surface area contributed by atoms with Crippen molar-refractivity contribution in [1.82, 2.24) is 9.80 Å². The molecule has 4 aliphatic rings. The molecule has 0 radical (unpaired) electrons. The smallest absolute Gasteiger partial charge is 0.309 e. The van der Waals surface area contributed by atoms with Crippen LogP contribution < -0.4 is 0 Å². The molecule has 0 amide bonds. The fourth-order valence-electron chi connectivity index (χ4n) is 9.44. The molecule has 0 aromatic rings. The standard InChI is InChI=1S/C46H78N2O15/c1-13-35(50)60-34-24-36(51)56-27(3)17-15-14-16-18-33(61-37-20-19-32(47(8)9)28(4)57-37)26(2)23-31(21-22-49)42(43(34)55-12)63-45-40(52)39(48(10)11)41(29(5)59-45)62-38-25-46(7,54)44(53)30(6)58-38/h14-16,18,22,26-34,37-45,52-54H,13,17,19-21,23-25H2,1-12H3/t26?,27?,28?,29?,30?,31?,32?,33?,34?,37?,38?,39?,40?,41?,42?,43?,44?,45?,46-/m1/s1. The van der Waals surface area contributed by atoms with Gasteiger partial charge in [-0.15, -0.1) is 0 Å². The zero-order chi connectivity index (χ0) is 46.8. The van der Waals surface area contributed by atoms with Crippen molar-refractivity contribution in [1.29, 1.82) is 0 Å². The van der Waals surface area contributed by atoms with Gasteiger partial charge in [-0.2, -0.15) is 0 Å². The number of hydrogen-bond acceptors (Lipinski definition) is 17. The number of carbonyl (C=O) groups excluding carboxylic acids is 3. The number of methoxy groups -OCH3 is 1. The highest BCUT2D eigenvalue weighted by atomic mass is 16.7. The minimum absolute atomic E-state index is 0.0117. The molecule has 0 aromatic heterocycles. The third kappa shape index (κ3) is 14.5. The summed E-state index contributed by atoms with van der Waals surface area (Å²) in [6.07, 6.45) is -1.76. The molecule has 3 saturated heterocycles. The zero-order valence-corrected chi connectivity index (χ0v) is 39.6. The van der Waals surface area contributed by atoms with E-state index in [1.165, 1.54) is 14.0 Å². The van der Waals surface area contributed by atoms with Crippen LogP contribution in [0.3, 0.4) is 0 Å². The number of allylic oxidation sites excluding steroid dienone is 2. The second-order valence-electron chi connectivity index (χ2n) is 18.6. The number of aliphatic hydroxyl groups excluding tert-OH is 2. The lowest BCUT2D eigenvalue weighted by molar-refractivity contribution is -0.344. The Morgan fingerprint density at radius 2 is 1.60 bits per heavy atom. The van der Waals surface area contributed by atoms with Crippen LogP contribution in [0.15, 0.2) is 24.3 Å². The van der Waals surface area contributed by atoms with E-state index >= 15 is 0 Å². The molecule has 0 aromatic carbocycles. The second kappa shape index (κ2) is 24.4. The van der Waals surface area contributed by atoms with Gasteiger partial charge in [-0.3, -0.25) is 9.59 Å². The number of ether oxygens (including phenoxy) is 9. The van der Waals surface area contributed by atoms with Crippen LogP contribution in [0.25, 0.3) is 0 Å². The maximum absolute atomic E-state index is 13.5. The van der Waals surface area contributed by atoms with Crippen LogP contribution >= 0.6 is 0 Å². The van der Waals surface area contributed by atoms with Crippen molar-refractivity contribution in [3.05, 3.63) is 24.3 Å². The average Bonchev–Trinajstić information content (AvgIpc) is 3.19. The van der Waals surface area contributed by atoms with Crippen molar-refractivity contribution in [2.24, 2.45) is 11.8 Å². The molecule has 3 fully saturated rings. The van der Waals surface area contributed by atoms with E-state index in [0.717, 1.165) is 12.7 Å². The molecular formula is C46H78N2O15. The van der Waals surface area contributed by atoms with Gasteiger partial charge in [-0.25, -0.2) is 0 Å². The summed E-state index contributed by atoms with van der Waals surface area (Å²) in [7, 11) is 9.04. The van der Waals surface area contributed by atoms with Crippen LogP contribution in [-0.2, 0) is 57.0 Å². The summed E-state index contributed by atoms with van der Waals surface area (Å²) in [5, 5.41) is 33.7. The molecule has 0 saturated carbocycles. The van der Waals surface area contributed by atoms with E-state index in [2.05, 4.69) is 4.90 Å². The maximum Gasteiger partial charge on any atom is 0.309 e. The van der Waals surface area contributed by atoms with Crippen LogP contribution in [0.5, 0.6) is 0 Å². The van der Waals surface area contributed by atoms with Crippen LogP contribution in [0, 0.1) is 11.8 Å². The van der Waals surface area contributed by atoms with Gasteiger partial charge in [0.2, 0.25) is 0 Å². The predicted molar refractivity (Wildman–Crippen MR) is 231 cm³/mol. The van der Waals surface area contributed by atoms with Gasteiger partial charge in [0, 0.05) is 38.8 Å². The Kier molecular flexibility index (Phi) is 20.6. The highest BCUT2D eigenvalue weighted by Crippen LogP contribution is 2.38. The Morgan fingerprint density at radius 3 is 2.21 bits per heavy atom. The van der Waals surface area contributed by atoms with E-state index in [1.807, 2.05) is 52.2 Å². The number of carbonyl (C=O) groups is 3. The number of nitrogens with zero attached hydrogens (tertiary/aromatic N) is 2. The summed E-state index contributed by atoms with van der Waals surface area (Å²) in [6, 6.07) is -0.510. The number of esters is 2. The minimum atomic E-state index is -1.49. The number of rotatable bonds is 13. The first-order valence-electron chi connectivity index (χ1n) is 22.7. The lowest BCUT2D eigenvalue weighted by Crippen LogP contribution is -2.65. The van der Waals surface area contributed by atoms with Crippen LogP contribution in [0.2, 0.25) is 0 Å². The summed E-state index contributed by atoms with van der Waals surface area (Å²) in [5.74, 6) is -2.12. The van der Waals surface area contributed by atoms with Crippen LogP contribution in [0.4, 0.5) is 0 Å². The minimum Gasteiger partial charge on any atom is -0.462 e. The van der Waals surface area contributed by atoms with E-state index in [0.29, 0.717) is 19.3 Å². The van der Waals surface area contributed by atoms with E-state index in [4.69, 9.17) is 42.6 Å². The van der Waals surface area contributed by atoms with Crippen LogP contribution in [0.1, 0.15) is 99.8 Å². The normalized spacial score (nSPS) is 42.5. The number of hydrogen-bond donors (Lipinski definition) is 3. The molecule has 0 aliphatic carbocycles. The van der Waals surface area contributed by atoms with Crippen molar-refractivity contribution in [3.63, 3.8) is 0 Å². The number of aliphatic hydroxyl groups is 3. The van der Waals surface area contributed by atoms with Crippen molar-refractivity contribution in [2.45, 2.75) is 204 Å². The van der Waals surface area contributed by atoms with Gasteiger partial charge in [0.25, 0.3) is 0 Å². The second-order valence-corrected chi connectivity index (χ2v) is 18.6. The number of cyclic esters (lactones) is 1. The fourth-order valence-corrected chi connectivity index (χ4v) is 9.44. The molecule has 19 atom stereocenters. The fraction of sp³-hybridized carbons (Fsp3) is 0.848. The lowest BCUT2D eigenvalue weighted by atomic mass is 9.82. The van der Waals surface area contributed by atoms with Crippen molar-refractivity contribution >= 4 is 18.2 Å². The molecule has 3 N–H and O–H groups in total. The number of likely N-dealkylation sites (N-methyl/N-ethyl adjacent to an activating group) is 2. The van der Waals surface area contributed by atoms with Gasteiger partial charge < -0.3 is 72.5 Å². The molecule has 0 bridgehead atoms. The molecule has 4 heterocycles. The first-order chi connectivity index (χ1) is 29.7. The van der Waals surface area contributed by atoms with Crippen LogP contribution in [-0.4, -0.2) is 182 Å². The average molecular weight is 899 g/mol. The van der Waals surface area contributed by atoms with Gasteiger partial charge in [-0.05, 0) is 93.9 Å². The molecule has 0 spiro atoms. The van der Waals surface area contributed by atoms with E-state index in [1.54, 1.807) is 46.7 Å². The first-order valence-corrected chi connectivity index (χ1v) is 22.7. The predicted octanol–water partition coefficient (Wildman–Crippen LogP) is 3.29. The zero-order valence-electron chi connectivity index (χ0n) is 39.6. The largest absolute Gasteiger partial charge is 0.462 e. The summed E-state index contributed by atoms with van der Waals surface area (Å²) < 4.78 is 56.7. The van der Waals surface area contributed by atoms with Gasteiger partial charge in [-0.1, -0.05) is 38.2 Å². The monoisotopic (exact) mass is 899 g/mol. The Hall–Kier alpha value is -2.39. The van der Waals surface area contributed by atoms with E-state index < -0.39 is 109 Å². The highest BCUT2D eigenvalue weighted by Gasteiger charge is 2.52. The SMILES string of the molecule is CCC(=O)OC1CC(=O)OC(C)CC=CC=CC(OC2CCC(N(C)C)C(C)O2)C(C)CC(CC=O)C(OC2OC(C)C(OC3C[C@@](C)(O)C(O)C(C)O3)C(N(C)C)C2O)C1OC. The highest BCUT2D eigenvalue weighted by molar-refractivity contribution is 5.72. The molecule has 17 nitrogen and oxygen atoms in total. The third-order valence-electron chi connectivity index (χ3n) is 12.9. The summed E-state index contributed by atoms with van der Waals surface area (Å²) in [5.41, 5.74) is -1.49. The molecule has 362 valence electrons. The first kappa shape index (κ1) is 53.2. The van der Waals surface area contributed by atoms with Crippen molar-refractivity contribution in [3.8, 4) is 0 Å². The number of aldehydes is 1. The molecule has 4 rings (SSSR count). The summed E-state index contributed by atoms with van der Waals surface area (Å²) >= 11 is 0. The van der Waals surface area contributed by atoms with Gasteiger partial charge in [0.1, 0.15) is 42.9 Å². The van der Waals surface area contributed by atoms with E-state index in [9.17, 15) is 29.7 Å². The van der Waals surface area contributed by atoms with Gasteiger partial charge >= 0.3 is 11.9 Å². The summed E-state index contributed by atoms with van der Waals surface area (Å²) in [6.45, 7) is 12.4. The van der Waals surface area contributed by atoms with E-state index in [-0.39, 0.29) is 43.7 Å². The Bertz CT molecular complexity index is 1490. The molecule has 4 aliphatic heterocycles. The Labute approximate surface area is 374 Å². The topological polar surface area (TPSA) is 201 Å². The quantitative estimate of drug-likeness (QED) is 0.180. The van der Waals surface area contributed by atoms with Gasteiger partial charge in [0.05, 0.1) is 48.6 Å². The molecule has 17 heteroatoms. The lowest BCUT2D eigenvalue weighted by Gasteiger charge is -2.50. The molecule has 63 heavy (non-hydrogen) atoms. The summed E-state index contributed by atoms with van der Waals surface area (Å²) in [4.78, 5) is 43.2. The molecule has 18 unspecified atom stereocenters. The van der Waals surface area contributed by atoms with Gasteiger partial charge in [0.15, 0.2) is 18.9 Å². The van der Waals surface area contributed by atoms with Crippen molar-refractivity contribution in [2.75, 3.05) is 35.3 Å². The Balaban J connectivity index is 1.74. The Morgan fingerprint density at radius 1 is 0.905 bits per heavy atom. The molecular weight excluding hydrogens is 821 g/mol. The maximum atomic E-state index is 13.5. The van der Waals surface area contributed by atoms with Crippen molar-refractivity contribution < 1.29 is 72.3 Å². The third-order valence-corrected chi connectivity index (χ3v) is 12.9.